The minimum atomic E-state index is -0.516. The van der Waals surface area contributed by atoms with Gasteiger partial charge in [-0.1, -0.05) is 26.0 Å². The number of carbonyl (C=O) groups excluding carboxylic acids is 2. The highest BCUT2D eigenvalue weighted by atomic mass is 16.5. The van der Waals surface area contributed by atoms with Crippen LogP contribution >= 0.6 is 0 Å². The van der Waals surface area contributed by atoms with Crippen LogP contribution < -0.4 is 15.5 Å². The van der Waals surface area contributed by atoms with Gasteiger partial charge in [-0.2, -0.15) is 0 Å². The summed E-state index contributed by atoms with van der Waals surface area (Å²) in [7, 11) is 3.94. The van der Waals surface area contributed by atoms with Crippen molar-refractivity contribution < 1.29 is 14.3 Å². The molecule has 3 rings (SSSR count). The Morgan fingerprint density at radius 1 is 1.11 bits per heavy atom. The number of nitrogens with one attached hydrogen (secondary N) is 2. The van der Waals surface area contributed by atoms with Gasteiger partial charge in [0, 0.05) is 25.5 Å². The highest BCUT2D eigenvalue weighted by Gasteiger charge is 2.34. The number of amides is 2. The van der Waals surface area contributed by atoms with Crippen molar-refractivity contribution in [1.82, 2.24) is 10.6 Å². The number of hydrogen-bond acceptors (Lipinski definition) is 4. The topological polar surface area (TPSA) is 70.7 Å². The molecular weight excluding hydrogens is 354 g/mol. The molecule has 1 heterocycles. The maximum Gasteiger partial charge on any atom is 0.338 e. The summed E-state index contributed by atoms with van der Waals surface area (Å²) in [5.74, 6) is 0.855. The molecule has 0 saturated heterocycles. The van der Waals surface area contributed by atoms with E-state index in [-0.39, 0.29) is 18.1 Å². The van der Waals surface area contributed by atoms with Crippen molar-refractivity contribution in [2.75, 3.05) is 19.0 Å². The smallest absolute Gasteiger partial charge is 0.338 e. The zero-order chi connectivity index (χ0) is 20.4. The average molecular weight is 386 g/mol. The summed E-state index contributed by atoms with van der Waals surface area (Å²) in [6, 6.07) is 7.01. The molecule has 28 heavy (non-hydrogen) atoms. The van der Waals surface area contributed by atoms with Gasteiger partial charge in [-0.05, 0) is 55.7 Å². The number of allylic oxidation sites excluding steroid dienone is 1. The fraction of sp³-hybridized carbons (Fsp3) is 0.545. The van der Waals surface area contributed by atoms with Crippen molar-refractivity contribution in [1.29, 1.82) is 0 Å². The number of nitrogens with zero attached hydrogens (tertiary/aromatic N) is 1. The summed E-state index contributed by atoms with van der Waals surface area (Å²) >= 11 is 0. The van der Waals surface area contributed by atoms with Crippen LogP contribution in [0.3, 0.4) is 0 Å². The molecule has 4 atom stereocenters. The molecule has 1 aliphatic carbocycles. The monoisotopic (exact) mass is 385 g/mol. The van der Waals surface area contributed by atoms with Crippen LogP contribution in [0.1, 0.15) is 51.6 Å². The van der Waals surface area contributed by atoms with Gasteiger partial charge in [0.15, 0.2) is 0 Å². The third kappa shape index (κ3) is 4.32. The van der Waals surface area contributed by atoms with Gasteiger partial charge in [0.1, 0.15) is 6.10 Å². The second-order valence-corrected chi connectivity index (χ2v) is 8.35. The third-order valence-corrected chi connectivity index (χ3v) is 6.06. The first-order valence-electron chi connectivity index (χ1n) is 10.0. The first kappa shape index (κ1) is 20.2. The van der Waals surface area contributed by atoms with E-state index in [2.05, 4.69) is 24.5 Å². The number of ether oxygens (including phenoxy) is 1. The van der Waals surface area contributed by atoms with Gasteiger partial charge >= 0.3 is 12.0 Å². The van der Waals surface area contributed by atoms with Gasteiger partial charge in [0.05, 0.1) is 11.6 Å². The van der Waals surface area contributed by atoms with Crippen LogP contribution in [-0.2, 0) is 9.53 Å². The number of esters is 1. The average Bonchev–Trinajstić information content (AvgIpc) is 2.64. The van der Waals surface area contributed by atoms with Gasteiger partial charge in [-0.3, -0.25) is 0 Å². The molecule has 1 aliphatic heterocycles. The molecule has 0 aromatic heterocycles. The number of hydrogen-bond donors (Lipinski definition) is 2. The highest BCUT2D eigenvalue weighted by molar-refractivity contribution is 5.95. The Morgan fingerprint density at radius 3 is 2.39 bits per heavy atom. The molecular formula is C22H31N3O3. The SMILES string of the molecule is CC1=C(C(=O)O[C@@H]2CC[C@@H](C)[C@@H](C)C2)[C@@H](c2ccc(N(C)C)cc2)NC(=O)N1. The second kappa shape index (κ2) is 8.25. The lowest BCUT2D eigenvalue weighted by atomic mass is 9.80. The number of urea groups is 1. The Hall–Kier alpha value is -2.50. The summed E-state index contributed by atoms with van der Waals surface area (Å²) < 4.78 is 5.87. The van der Waals surface area contributed by atoms with Crippen molar-refractivity contribution in [3.05, 3.63) is 41.1 Å². The molecule has 2 aliphatic rings. The lowest BCUT2D eigenvalue weighted by molar-refractivity contribution is -0.147. The second-order valence-electron chi connectivity index (χ2n) is 8.35. The molecule has 6 heteroatoms. The molecule has 1 aromatic carbocycles. The van der Waals surface area contributed by atoms with Crippen molar-refractivity contribution in [3.8, 4) is 0 Å². The first-order chi connectivity index (χ1) is 13.3. The van der Waals surface area contributed by atoms with E-state index < -0.39 is 6.04 Å². The molecule has 2 amide bonds. The molecule has 6 nitrogen and oxygen atoms in total. The largest absolute Gasteiger partial charge is 0.459 e. The molecule has 1 fully saturated rings. The number of carbonyl (C=O) groups is 2. The number of benzene rings is 1. The molecule has 0 bridgehead atoms. The van der Waals surface area contributed by atoms with E-state index >= 15 is 0 Å². The molecule has 0 unspecified atom stereocenters. The summed E-state index contributed by atoms with van der Waals surface area (Å²) in [4.78, 5) is 27.1. The zero-order valence-corrected chi connectivity index (χ0v) is 17.4. The Balaban J connectivity index is 1.82. The summed E-state index contributed by atoms with van der Waals surface area (Å²) in [6.07, 6.45) is 2.79. The van der Waals surface area contributed by atoms with Gasteiger partial charge < -0.3 is 20.3 Å². The molecule has 1 aromatic rings. The highest BCUT2D eigenvalue weighted by Crippen LogP contribution is 2.33. The normalized spacial score (nSPS) is 27.7. The van der Waals surface area contributed by atoms with E-state index in [0.717, 1.165) is 30.5 Å². The van der Waals surface area contributed by atoms with E-state index in [1.165, 1.54) is 0 Å². The lowest BCUT2D eigenvalue weighted by Gasteiger charge is -2.33. The summed E-state index contributed by atoms with van der Waals surface area (Å²) in [5.41, 5.74) is 2.94. The Kier molecular flexibility index (Phi) is 5.96. The Morgan fingerprint density at radius 2 is 1.79 bits per heavy atom. The fourth-order valence-electron chi connectivity index (χ4n) is 4.00. The van der Waals surface area contributed by atoms with Crippen LogP contribution in [0.15, 0.2) is 35.5 Å². The lowest BCUT2D eigenvalue weighted by Crippen LogP contribution is -2.45. The number of anilines is 1. The summed E-state index contributed by atoms with van der Waals surface area (Å²) in [6.45, 7) is 6.22. The van der Waals surface area contributed by atoms with Crippen LogP contribution in [0.5, 0.6) is 0 Å². The number of rotatable bonds is 4. The predicted octanol–water partition coefficient (Wildman–Crippen LogP) is 3.75. The van der Waals surface area contributed by atoms with E-state index in [4.69, 9.17) is 4.74 Å². The van der Waals surface area contributed by atoms with Gasteiger partial charge in [-0.25, -0.2) is 9.59 Å². The first-order valence-corrected chi connectivity index (χ1v) is 10.0. The molecule has 152 valence electrons. The van der Waals surface area contributed by atoms with E-state index in [1.807, 2.05) is 43.3 Å². The van der Waals surface area contributed by atoms with E-state index in [1.54, 1.807) is 6.92 Å². The standard InChI is InChI=1S/C22H31N3O3/c1-13-6-11-18(12-14(13)2)28-21(26)19-15(3)23-22(27)24-20(19)16-7-9-17(10-8-16)25(4)5/h7-10,13-14,18,20H,6,11-12H2,1-5H3,(H2,23,24,27)/t13-,14+,18-,20-/m1/s1. The third-order valence-electron chi connectivity index (χ3n) is 6.06. The minimum Gasteiger partial charge on any atom is -0.459 e. The van der Waals surface area contributed by atoms with Crippen LogP contribution in [0.25, 0.3) is 0 Å². The van der Waals surface area contributed by atoms with Crippen LogP contribution in [-0.4, -0.2) is 32.2 Å². The van der Waals surface area contributed by atoms with Crippen molar-refractivity contribution in [2.24, 2.45) is 11.8 Å². The van der Waals surface area contributed by atoms with Crippen molar-refractivity contribution >= 4 is 17.7 Å². The Labute approximate surface area is 167 Å². The summed E-state index contributed by atoms with van der Waals surface area (Å²) in [5, 5.41) is 5.59. The van der Waals surface area contributed by atoms with E-state index in [9.17, 15) is 9.59 Å². The minimum absolute atomic E-state index is 0.0617. The van der Waals surface area contributed by atoms with E-state index in [0.29, 0.717) is 23.1 Å². The van der Waals surface area contributed by atoms with Crippen molar-refractivity contribution in [2.45, 2.75) is 52.2 Å². The molecule has 2 N–H and O–H groups in total. The van der Waals surface area contributed by atoms with Gasteiger partial charge in [-0.15, -0.1) is 0 Å². The molecule has 0 spiro atoms. The maximum absolute atomic E-state index is 13.1. The van der Waals surface area contributed by atoms with Crippen LogP contribution in [0.4, 0.5) is 10.5 Å². The quantitative estimate of drug-likeness (QED) is 0.775. The zero-order valence-electron chi connectivity index (χ0n) is 17.4. The fourth-order valence-corrected chi connectivity index (χ4v) is 4.00. The van der Waals surface area contributed by atoms with Gasteiger partial charge in [0.25, 0.3) is 0 Å². The Bertz CT molecular complexity index is 770. The molecule has 1 saturated carbocycles. The molecule has 0 radical (unpaired) electrons. The van der Waals surface area contributed by atoms with Crippen LogP contribution in [0, 0.1) is 11.8 Å². The van der Waals surface area contributed by atoms with Crippen molar-refractivity contribution in [3.63, 3.8) is 0 Å². The van der Waals surface area contributed by atoms with Crippen LogP contribution in [0.2, 0.25) is 0 Å². The predicted molar refractivity (Wildman–Crippen MR) is 110 cm³/mol. The maximum atomic E-state index is 13.1. The van der Waals surface area contributed by atoms with Gasteiger partial charge in [0.2, 0.25) is 0 Å².